The van der Waals surface area contributed by atoms with Crippen LogP contribution in [0.5, 0.6) is 0 Å². The molecule has 4 heteroatoms. The molecule has 4 N–H and O–H groups in total. The van der Waals surface area contributed by atoms with Crippen LogP contribution in [0.15, 0.2) is 11.5 Å². The third kappa shape index (κ3) is 1.40. The first-order chi connectivity index (χ1) is 4.74. The highest BCUT2D eigenvalue weighted by atomic mass is 16.5. The van der Waals surface area contributed by atoms with Gasteiger partial charge in [-0.1, -0.05) is 0 Å². The second-order valence-corrected chi connectivity index (χ2v) is 2.30. The van der Waals surface area contributed by atoms with E-state index in [0.29, 0.717) is 13.0 Å². The molecule has 0 aromatic carbocycles. The monoisotopic (exact) mass is 145 g/mol. The highest BCUT2D eigenvalue weighted by molar-refractivity contribution is 5.05. The zero-order valence-corrected chi connectivity index (χ0v) is 5.58. The molecule has 58 valence electrons. The van der Waals surface area contributed by atoms with Crippen molar-refractivity contribution < 1.29 is 14.9 Å². The SMILES string of the molecule is NC1COC(CO)=C(O)C1. The summed E-state index contributed by atoms with van der Waals surface area (Å²) >= 11 is 0. The van der Waals surface area contributed by atoms with E-state index >= 15 is 0 Å². The minimum atomic E-state index is -0.251. The molecule has 4 nitrogen and oxygen atoms in total. The summed E-state index contributed by atoms with van der Waals surface area (Å²) in [5.74, 6) is 0.322. The Balaban J connectivity index is 2.61. The van der Waals surface area contributed by atoms with Gasteiger partial charge >= 0.3 is 0 Å². The Morgan fingerprint density at radius 1 is 1.70 bits per heavy atom. The lowest BCUT2D eigenvalue weighted by Gasteiger charge is -2.20. The van der Waals surface area contributed by atoms with Crippen LogP contribution in [0.1, 0.15) is 6.42 Å². The highest BCUT2D eigenvalue weighted by Gasteiger charge is 2.17. The Bertz CT molecular complexity index is 155. The number of rotatable bonds is 1. The van der Waals surface area contributed by atoms with E-state index in [-0.39, 0.29) is 24.2 Å². The van der Waals surface area contributed by atoms with Crippen molar-refractivity contribution in [1.29, 1.82) is 0 Å². The molecule has 0 aromatic heterocycles. The van der Waals surface area contributed by atoms with Crippen LogP contribution in [0, 0.1) is 0 Å². The third-order valence-corrected chi connectivity index (χ3v) is 1.39. The van der Waals surface area contributed by atoms with Gasteiger partial charge in [-0.15, -0.1) is 0 Å². The smallest absolute Gasteiger partial charge is 0.159 e. The van der Waals surface area contributed by atoms with Gasteiger partial charge < -0.3 is 20.7 Å². The number of hydrogen-bond donors (Lipinski definition) is 3. The molecule has 0 fully saturated rings. The second kappa shape index (κ2) is 2.90. The van der Waals surface area contributed by atoms with Crippen LogP contribution in [-0.4, -0.2) is 29.5 Å². The van der Waals surface area contributed by atoms with E-state index in [2.05, 4.69) is 0 Å². The molecule has 0 aliphatic carbocycles. The lowest BCUT2D eigenvalue weighted by molar-refractivity contribution is 0.105. The van der Waals surface area contributed by atoms with E-state index in [1.165, 1.54) is 0 Å². The molecular formula is C6H11NO3. The largest absolute Gasteiger partial charge is 0.509 e. The summed E-state index contributed by atoms with van der Waals surface area (Å²) in [6.07, 6.45) is 0.399. The fraction of sp³-hybridized carbons (Fsp3) is 0.667. The van der Waals surface area contributed by atoms with Crippen molar-refractivity contribution in [2.45, 2.75) is 12.5 Å². The predicted octanol–water partition coefficient (Wildman–Crippen LogP) is -0.504. The standard InChI is InChI=1S/C6H11NO3/c7-4-1-5(9)6(2-8)10-3-4/h4,8-9H,1-3,7H2. The van der Waals surface area contributed by atoms with E-state index < -0.39 is 0 Å². The third-order valence-electron chi connectivity index (χ3n) is 1.39. The highest BCUT2D eigenvalue weighted by Crippen LogP contribution is 2.14. The molecule has 0 spiro atoms. The fourth-order valence-corrected chi connectivity index (χ4v) is 0.849. The predicted molar refractivity (Wildman–Crippen MR) is 35.3 cm³/mol. The lowest BCUT2D eigenvalue weighted by atomic mass is 10.1. The van der Waals surface area contributed by atoms with Gasteiger partial charge in [-0.25, -0.2) is 0 Å². The quantitative estimate of drug-likeness (QED) is 0.464. The number of aliphatic hydroxyl groups is 2. The summed E-state index contributed by atoms with van der Waals surface area (Å²) in [5, 5.41) is 17.6. The van der Waals surface area contributed by atoms with E-state index in [0.717, 1.165) is 0 Å². The summed E-state index contributed by atoms with van der Waals surface area (Å²) < 4.78 is 4.91. The van der Waals surface area contributed by atoms with Gasteiger partial charge in [0.15, 0.2) is 5.76 Å². The van der Waals surface area contributed by atoms with E-state index in [1.807, 2.05) is 0 Å². The first-order valence-corrected chi connectivity index (χ1v) is 3.14. The van der Waals surface area contributed by atoms with Crippen LogP contribution in [0.2, 0.25) is 0 Å². The van der Waals surface area contributed by atoms with Crippen LogP contribution in [0.4, 0.5) is 0 Å². The van der Waals surface area contributed by atoms with E-state index in [4.69, 9.17) is 20.7 Å². The van der Waals surface area contributed by atoms with Crippen LogP contribution in [-0.2, 0) is 4.74 Å². The van der Waals surface area contributed by atoms with E-state index in [9.17, 15) is 0 Å². The maximum atomic E-state index is 9.05. The lowest BCUT2D eigenvalue weighted by Crippen LogP contribution is -2.31. The molecule has 1 aliphatic heterocycles. The maximum absolute atomic E-state index is 9.05. The minimum absolute atomic E-state index is 0.0706. The number of ether oxygens (including phenoxy) is 1. The van der Waals surface area contributed by atoms with Crippen LogP contribution < -0.4 is 5.73 Å². The Kier molecular flexibility index (Phi) is 2.13. The Labute approximate surface area is 58.9 Å². The van der Waals surface area contributed by atoms with Crippen molar-refractivity contribution >= 4 is 0 Å². The van der Waals surface area contributed by atoms with Gasteiger partial charge in [0.2, 0.25) is 0 Å². The molecule has 1 aliphatic rings. The Morgan fingerprint density at radius 2 is 2.40 bits per heavy atom. The van der Waals surface area contributed by atoms with Gasteiger partial charge in [0.1, 0.15) is 19.0 Å². The van der Waals surface area contributed by atoms with Crippen LogP contribution in [0.3, 0.4) is 0 Å². The van der Waals surface area contributed by atoms with Gasteiger partial charge in [0, 0.05) is 12.5 Å². The first-order valence-electron chi connectivity index (χ1n) is 3.14. The summed E-state index contributed by atoms with van der Waals surface area (Å²) in [6.45, 7) is 0.124. The molecular weight excluding hydrogens is 134 g/mol. The van der Waals surface area contributed by atoms with Gasteiger partial charge in [-0.2, -0.15) is 0 Å². The van der Waals surface area contributed by atoms with Gasteiger partial charge in [0.05, 0.1) is 0 Å². The topological polar surface area (TPSA) is 75.7 Å². The van der Waals surface area contributed by atoms with E-state index in [1.54, 1.807) is 0 Å². The number of aliphatic hydroxyl groups excluding tert-OH is 2. The number of hydrogen-bond acceptors (Lipinski definition) is 4. The molecule has 0 radical (unpaired) electrons. The van der Waals surface area contributed by atoms with Crippen molar-refractivity contribution in [2.24, 2.45) is 5.73 Å². The zero-order valence-electron chi connectivity index (χ0n) is 5.58. The maximum Gasteiger partial charge on any atom is 0.159 e. The molecule has 0 saturated carbocycles. The van der Waals surface area contributed by atoms with Crippen molar-refractivity contribution in [3.8, 4) is 0 Å². The average molecular weight is 145 g/mol. The number of nitrogens with two attached hydrogens (primary N) is 1. The minimum Gasteiger partial charge on any atom is -0.509 e. The summed E-state index contributed by atoms with van der Waals surface area (Å²) in [4.78, 5) is 0. The van der Waals surface area contributed by atoms with Crippen molar-refractivity contribution in [1.82, 2.24) is 0 Å². The summed E-state index contributed by atoms with van der Waals surface area (Å²) in [7, 11) is 0. The summed E-state index contributed by atoms with van der Waals surface area (Å²) in [6, 6.07) is -0.143. The Morgan fingerprint density at radius 3 is 2.90 bits per heavy atom. The zero-order chi connectivity index (χ0) is 7.56. The molecule has 1 atom stereocenters. The van der Waals surface area contributed by atoms with Crippen LogP contribution >= 0.6 is 0 Å². The van der Waals surface area contributed by atoms with Crippen LogP contribution in [0.25, 0.3) is 0 Å². The second-order valence-electron chi connectivity index (χ2n) is 2.30. The van der Waals surface area contributed by atoms with Gasteiger partial charge in [-0.3, -0.25) is 0 Å². The average Bonchev–Trinajstić information content (AvgIpc) is 1.88. The molecule has 0 bridgehead atoms. The molecule has 0 saturated heterocycles. The van der Waals surface area contributed by atoms with Crippen molar-refractivity contribution in [2.75, 3.05) is 13.2 Å². The molecule has 1 rings (SSSR count). The fourth-order valence-electron chi connectivity index (χ4n) is 0.849. The molecule has 10 heavy (non-hydrogen) atoms. The van der Waals surface area contributed by atoms with Gasteiger partial charge in [0.25, 0.3) is 0 Å². The molecule has 1 unspecified atom stereocenters. The molecule has 0 amide bonds. The van der Waals surface area contributed by atoms with Crippen molar-refractivity contribution in [3.63, 3.8) is 0 Å². The molecule has 0 aromatic rings. The van der Waals surface area contributed by atoms with Crippen molar-refractivity contribution in [3.05, 3.63) is 11.5 Å². The van der Waals surface area contributed by atoms with Gasteiger partial charge in [-0.05, 0) is 0 Å². The molecule has 1 heterocycles. The first kappa shape index (κ1) is 7.37. The normalized spacial score (nSPS) is 26.4. The summed E-state index contributed by atoms with van der Waals surface area (Å²) in [5.41, 5.74) is 5.44. The Hall–Kier alpha value is -0.740.